The summed E-state index contributed by atoms with van der Waals surface area (Å²) in [5.41, 5.74) is 0. The maximum Gasteiger partial charge on any atom is 0.242 e. The zero-order valence-corrected chi connectivity index (χ0v) is 10.8. The third-order valence-electron chi connectivity index (χ3n) is 3.67. The van der Waals surface area contributed by atoms with Gasteiger partial charge in [-0.2, -0.15) is 0 Å². The highest BCUT2D eigenvalue weighted by molar-refractivity contribution is 5.87. The van der Waals surface area contributed by atoms with Crippen molar-refractivity contribution in [3.05, 3.63) is 0 Å². The van der Waals surface area contributed by atoms with Crippen molar-refractivity contribution in [2.45, 2.75) is 44.6 Å². The van der Waals surface area contributed by atoms with Gasteiger partial charge in [0.1, 0.15) is 0 Å². The molecule has 2 fully saturated rings. The number of hydrogen-bond donors (Lipinski definition) is 1. The number of ether oxygens (including phenoxy) is 1. The van der Waals surface area contributed by atoms with Crippen LogP contribution < -0.4 is 5.32 Å². The minimum atomic E-state index is -0.0425. The second-order valence-corrected chi connectivity index (χ2v) is 5.04. The third kappa shape index (κ3) is 3.98. The lowest BCUT2D eigenvalue weighted by atomic mass is 9.98. The third-order valence-corrected chi connectivity index (χ3v) is 3.67. The quantitative estimate of drug-likeness (QED) is 0.803. The SMILES string of the molecule is O=C1CCN(CCOC2CCCCC2)C(=O)CN1. The maximum absolute atomic E-state index is 11.7. The van der Waals surface area contributed by atoms with Gasteiger partial charge in [-0.15, -0.1) is 0 Å². The molecule has 2 aliphatic rings. The van der Waals surface area contributed by atoms with Crippen LogP contribution in [-0.2, 0) is 14.3 Å². The van der Waals surface area contributed by atoms with E-state index < -0.39 is 0 Å². The summed E-state index contributed by atoms with van der Waals surface area (Å²) >= 11 is 0. The van der Waals surface area contributed by atoms with Gasteiger partial charge >= 0.3 is 0 Å². The average molecular weight is 254 g/mol. The standard InChI is InChI=1S/C13H22N2O3/c16-12-6-7-15(13(17)10-14-12)8-9-18-11-4-2-1-3-5-11/h11H,1-10H2,(H,14,16). The molecule has 5 heteroatoms. The Kier molecular flexibility index (Phi) is 4.99. The van der Waals surface area contributed by atoms with Gasteiger partial charge in [0.15, 0.2) is 0 Å². The molecule has 102 valence electrons. The number of rotatable bonds is 4. The van der Waals surface area contributed by atoms with E-state index in [0.717, 1.165) is 12.8 Å². The highest BCUT2D eigenvalue weighted by atomic mass is 16.5. The average Bonchev–Trinajstić information content (AvgIpc) is 2.55. The second kappa shape index (κ2) is 6.73. The molecule has 5 nitrogen and oxygen atoms in total. The first kappa shape index (κ1) is 13.3. The molecule has 0 spiro atoms. The van der Waals surface area contributed by atoms with Crippen LogP contribution in [0.3, 0.4) is 0 Å². The van der Waals surface area contributed by atoms with Crippen molar-refractivity contribution in [1.29, 1.82) is 0 Å². The molecule has 1 aliphatic carbocycles. The lowest BCUT2D eigenvalue weighted by molar-refractivity contribution is -0.131. The van der Waals surface area contributed by atoms with Crippen LogP contribution in [0.2, 0.25) is 0 Å². The molecular formula is C13H22N2O3. The first-order chi connectivity index (χ1) is 8.75. The van der Waals surface area contributed by atoms with E-state index in [1.807, 2.05) is 0 Å². The van der Waals surface area contributed by atoms with Crippen LogP contribution in [0.25, 0.3) is 0 Å². The molecule has 0 aromatic carbocycles. The Hall–Kier alpha value is -1.10. The van der Waals surface area contributed by atoms with Crippen LogP contribution in [0.1, 0.15) is 38.5 Å². The Morgan fingerprint density at radius 1 is 1.22 bits per heavy atom. The molecule has 2 rings (SSSR count). The molecular weight excluding hydrogens is 232 g/mol. The summed E-state index contributed by atoms with van der Waals surface area (Å²) in [7, 11) is 0. The predicted octanol–water partition coefficient (Wildman–Crippen LogP) is 0.684. The zero-order chi connectivity index (χ0) is 12.8. The van der Waals surface area contributed by atoms with Crippen molar-refractivity contribution in [3.63, 3.8) is 0 Å². The normalized spacial score (nSPS) is 22.8. The van der Waals surface area contributed by atoms with Gasteiger partial charge in [0.2, 0.25) is 11.8 Å². The molecule has 1 heterocycles. The van der Waals surface area contributed by atoms with E-state index in [1.165, 1.54) is 19.3 Å². The Morgan fingerprint density at radius 3 is 2.78 bits per heavy atom. The molecule has 1 saturated heterocycles. The fourth-order valence-corrected chi connectivity index (χ4v) is 2.53. The van der Waals surface area contributed by atoms with Crippen LogP contribution in [0.4, 0.5) is 0 Å². The van der Waals surface area contributed by atoms with Gasteiger partial charge < -0.3 is 15.0 Å². The molecule has 0 unspecified atom stereocenters. The van der Waals surface area contributed by atoms with Crippen molar-refractivity contribution in [1.82, 2.24) is 10.2 Å². The minimum absolute atomic E-state index is 0.00639. The van der Waals surface area contributed by atoms with Crippen molar-refractivity contribution in [3.8, 4) is 0 Å². The van der Waals surface area contributed by atoms with E-state index in [0.29, 0.717) is 32.2 Å². The Morgan fingerprint density at radius 2 is 2.00 bits per heavy atom. The Bertz CT molecular complexity index is 301. The summed E-state index contributed by atoms with van der Waals surface area (Å²) in [4.78, 5) is 24.6. The maximum atomic E-state index is 11.7. The van der Waals surface area contributed by atoms with Crippen molar-refractivity contribution < 1.29 is 14.3 Å². The first-order valence-corrected chi connectivity index (χ1v) is 6.92. The minimum Gasteiger partial charge on any atom is -0.376 e. The number of amides is 2. The van der Waals surface area contributed by atoms with Crippen LogP contribution in [-0.4, -0.2) is 49.1 Å². The summed E-state index contributed by atoms with van der Waals surface area (Å²) in [5, 5.41) is 2.59. The van der Waals surface area contributed by atoms with Gasteiger partial charge in [-0.1, -0.05) is 19.3 Å². The van der Waals surface area contributed by atoms with E-state index in [2.05, 4.69) is 5.32 Å². The summed E-state index contributed by atoms with van der Waals surface area (Å²) < 4.78 is 5.80. The van der Waals surface area contributed by atoms with Gasteiger partial charge in [0.25, 0.3) is 0 Å². The largest absolute Gasteiger partial charge is 0.376 e. The number of nitrogens with zero attached hydrogens (tertiary/aromatic N) is 1. The molecule has 0 bridgehead atoms. The lowest BCUT2D eigenvalue weighted by Crippen LogP contribution is -2.37. The Labute approximate surface area is 108 Å². The fourth-order valence-electron chi connectivity index (χ4n) is 2.53. The molecule has 0 radical (unpaired) electrons. The molecule has 1 aliphatic heterocycles. The van der Waals surface area contributed by atoms with E-state index >= 15 is 0 Å². The van der Waals surface area contributed by atoms with Crippen molar-refractivity contribution in [2.75, 3.05) is 26.2 Å². The molecule has 18 heavy (non-hydrogen) atoms. The molecule has 0 aromatic rings. The lowest BCUT2D eigenvalue weighted by Gasteiger charge is -2.24. The first-order valence-electron chi connectivity index (χ1n) is 6.92. The number of carbonyl (C=O) groups is 2. The summed E-state index contributed by atoms with van der Waals surface area (Å²) in [5.74, 6) is -0.0489. The van der Waals surface area contributed by atoms with Gasteiger partial charge in [-0.3, -0.25) is 9.59 Å². The molecule has 0 atom stereocenters. The van der Waals surface area contributed by atoms with E-state index in [4.69, 9.17) is 4.74 Å². The molecule has 0 aromatic heterocycles. The zero-order valence-electron chi connectivity index (χ0n) is 10.8. The highest BCUT2D eigenvalue weighted by Crippen LogP contribution is 2.20. The summed E-state index contributed by atoms with van der Waals surface area (Å²) in [6.45, 7) is 1.83. The van der Waals surface area contributed by atoms with Crippen molar-refractivity contribution >= 4 is 11.8 Å². The van der Waals surface area contributed by atoms with Crippen LogP contribution >= 0.6 is 0 Å². The van der Waals surface area contributed by atoms with Gasteiger partial charge in [-0.25, -0.2) is 0 Å². The summed E-state index contributed by atoms with van der Waals surface area (Å²) in [6, 6.07) is 0. The van der Waals surface area contributed by atoms with Crippen molar-refractivity contribution in [2.24, 2.45) is 0 Å². The topological polar surface area (TPSA) is 58.6 Å². The van der Waals surface area contributed by atoms with Crippen LogP contribution in [0.5, 0.6) is 0 Å². The predicted molar refractivity (Wildman–Crippen MR) is 67.0 cm³/mol. The highest BCUT2D eigenvalue weighted by Gasteiger charge is 2.20. The Balaban J connectivity index is 1.68. The van der Waals surface area contributed by atoms with E-state index in [1.54, 1.807) is 4.90 Å². The number of hydrogen-bond acceptors (Lipinski definition) is 3. The molecule has 1 N–H and O–H groups in total. The van der Waals surface area contributed by atoms with E-state index in [9.17, 15) is 9.59 Å². The van der Waals surface area contributed by atoms with Crippen LogP contribution in [0, 0.1) is 0 Å². The van der Waals surface area contributed by atoms with Crippen LogP contribution in [0.15, 0.2) is 0 Å². The smallest absolute Gasteiger partial charge is 0.242 e. The second-order valence-electron chi connectivity index (χ2n) is 5.04. The monoisotopic (exact) mass is 254 g/mol. The number of nitrogens with one attached hydrogen (secondary N) is 1. The number of carbonyl (C=O) groups excluding carboxylic acids is 2. The van der Waals surface area contributed by atoms with Gasteiger partial charge in [-0.05, 0) is 12.8 Å². The van der Waals surface area contributed by atoms with Gasteiger partial charge in [0, 0.05) is 19.5 Å². The summed E-state index contributed by atoms with van der Waals surface area (Å²) in [6.07, 6.45) is 6.90. The van der Waals surface area contributed by atoms with E-state index in [-0.39, 0.29) is 18.4 Å². The fraction of sp³-hybridized carbons (Fsp3) is 0.846. The molecule has 1 saturated carbocycles. The van der Waals surface area contributed by atoms with Gasteiger partial charge in [0.05, 0.1) is 19.3 Å². The molecule has 2 amide bonds.